The molecule has 0 saturated heterocycles. The van der Waals surface area contributed by atoms with E-state index >= 15 is 0 Å². The van der Waals surface area contributed by atoms with Gasteiger partial charge in [-0.1, -0.05) is 6.07 Å². The fraction of sp³-hybridized carbons (Fsp3) is 0.235. The van der Waals surface area contributed by atoms with Gasteiger partial charge in [-0.25, -0.2) is 4.39 Å². The molecule has 2 aromatic carbocycles. The van der Waals surface area contributed by atoms with Crippen LogP contribution in [0.15, 0.2) is 36.4 Å². The van der Waals surface area contributed by atoms with Gasteiger partial charge in [-0.3, -0.25) is 4.79 Å². The zero-order chi connectivity index (χ0) is 16.1. The van der Waals surface area contributed by atoms with Crippen molar-refractivity contribution >= 4 is 11.6 Å². The third kappa shape index (κ3) is 3.97. The van der Waals surface area contributed by atoms with Gasteiger partial charge in [0.05, 0.1) is 12.8 Å². The average molecular weight is 303 g/mol. The Hall–Kier alpha value is -2.56. The number of ether oxygens (including phenoxy) is 2. The molecule has 0 aliphatic heterocycles. The molecule has 116 valence electrons. The van der Waals surface area contributed by atoms with E-state index in [0.29, 0.717) is 11.4 Å². The minimum Gasteiger partial charge on any atom is -0.494 e. The third-order valence-corrected chi connectivity index (χ3v) is 3.29. The highest BCUT2D eigenvalue weighted by atomic mass is 19.1. The molecule has 0 saturated carbocycles. The molecule has 0 aliphatic carbocycles. The molecular weight excluding hydrogens is 285 g/mol. The maximum Gasteiger partial charge on any atom is 0.262 e. The molecular formula is C17H18FNO3. The summed E-state index contributed by atoms with van der Waals surface area (Å²) < 4.78 is 23.6. The van der Waals surface area contributed by atoms with Crippen LogP contribution in [0.3, 0.4) is 0 Å². The van der Waals surface area contributed by atoms with Gasteiger partial charge in [-0.2, -0.15) is 0 Å². The second-order valence-electron chi connectivity index (χ2n) is 4.93. The van der Waals surface area contributed by atoms with Gasteiger partial charge in [0.25, 0.3) is 5.91 Å². The van der Waals surface area contributed by atoms with Crippen molar-refractivity contribution < 1.29 is 18.7 Å². The summed E-state index contributed by atoms with van der Waals surface area (Å²) in [5.41, 5.74) is 2.66. The standard InChI is InChI=1S/C17H18FNO3/c1-11-4-6-14(8-12(11)2)22-10-17(20)19-15-7-5-13(18)9-16(15)21-3/h4-9H,10H2,1-3H3,(H,19,20). The SMILES string of the molecule is COc1cc(F)ccc1NC(=O)COc1ccc(C)c(C)c1. The molecule has 1 amide bonds. The summed E-state index contributed by atoms with van der Waals surface area (Å²) in [7, 11) is 1.41. The number of carbonyl (C=O) groups is 1. The summed E-state index contributed by atoms with van der Waals surface area (Å²) in [6.45, 7) is 3.85. The van der Waals surface area contributed by atoms with Gasteiger partial charge in [0.2, 0.25) is 0 Å². The van der Waals surface area contributed by atoms with E-state index in [1.807, 2.05) is 32.0 Å². The number of hydrogen-bond acceptors (Lipinski definition) is 3. The van der Waals surface area contributed by atoms with Gasteiger partial charge in [-0.15, -0.1) is 0 Å². The number of benzene rings is 2. The highest BCUT2D eigenvalue weighted by molar-refractivity contribution is 5.93. The van der Waals surface area contributed by atoms with Crippen molar-refractivity contribution in [1.29, 1.82) is 0 Å². The Morgan fingerprint density at radius 3 is 2.59 bits per heavy atom. The molecule has 22 heavy (non-hydrogen) atoms. The number of halogens is 1. The Bertz CT molecular complexity index is 686. The molecule has 0 radical (unpaired) electrons. The van der Waals surface area contributed by atoms with Crippen LogP contribution < -0.4 is 14.8 Å². The van der Waals surface area contributed by atoms with E-state index in [1.165, 1.54) is 25.3 Å². The molecule has 5 heteroatoms. The Kier molecular flexibility index (Phi) is 4.99. The quantitative estimate of drug-likeness (QED) is 0.920. The van der Waals surface area contributed by atoms with Crippen molar-refractivity contribution in [3.05, 3.63) is 53.3 Å². The lowest BCUT2D eigenvalue weighted by molar-refractivity contribution is -0.118. The number of amides is 1. The first-order valence-electron chi connectivity index (χ1n) is 6.83. The van der Waals surface area contributed by atoms with E-state index in [0.717, 1.165) is 11.1 Å². The molecule has 0 spiro atoms. The summed E-state index contributed by atoms with van der Waals surface area (Å²) in [6, 6.07) is 9.53. The van der Waals surface area contributed by atoms with Gasteiger partial charge in [0.15, 0.2) is 6.61 Å². The third-order valence-electron chi connectivity index (χ3n) is 3.29. The molecule has 0 bridgehead atoms. The van der Waals surface area contributed by atoms with Crippen LogP contribution in [0, 0.1) is 19.7 Å². The first kappa shape index (κ1) is 15.8. The molecule has 0 heterocycles. The number of aryl methyl sites for hydroxylation is 2. The zero-order valence-electron chi connectivity index (χ0n) is 12.8. The predicted molar refractivity (Wildman–Crippen MR) is 83.0 cm³/mol. The molecule has 0 fully saturated rings. The number of carbonyl (C=O) groups excluding carboxylic acids is 1. The number of rotatable bonds is 5. The maximum absolute atomic E-state index is 13.1. The molecule has 0 atom stereocenters. The monoisotopic (exact) mass is 303 g/mol. The highest BCUT2D eigenvalue weighted by Gasteiger charge is 2.09. The van der Waals surface area contributed by atoms with Crippen molar-refractivity contribution in [3.63, 3.8) is 0 Å². The molecule has 0 aliphatic rings. The highest BCUT2D eigenvalue weighted by Crippen LogP contribution is 2.25. The van der Waals surface area contributed by atoms with E-state index in [9.17, 15) is 9.18 Å². The van der Waals surface area contributed by atoms with Crippen LogP contribution in [-0.4, -0.2) is 19.6 Å². The Morgan fingerprint density at radius 2 is 1.91 bits per heavy atom. The Morgan fingerprint density at radius 1 is 1.14 bits per heavy atom. The second kappa shape index (κ2) is 6.93. The molecule has 0 unspecified atom stereocenters. The number of nitrogens with one attached hydrogen (secondary N) is 1. The molecule has 2 rings (SSSR count). The lowest BCUT2D eigenvalue weighted by atomic mass is 10.1. The van der Waals surface area contributed by atoms with Gasteiger partial charge in [0, 0.05) is 6.07 Å². The number of methoxy groups -OCH3 is 1. The van der Waals surface area contributed by atoms with Crippen LogP contribution in [-0.2, 0) is 4.79 Å². The van der Waals surface area contributed by atoms with Gasteiger partial charge >= 0.3 is 0 Å². The largest absolute Gasteiger partial charge is 0.494 e. The minimum absolute atomic E-state index is 0.136. The van der Waals surface area contributed by atoms with E-state index in [-0.39, 0.29) is 18.3 Å². The van der Waals surface area contributed by atoms with Crippen LogP contribution in [0.4, 0.5) is 10.1 Å². The zero-order valence-corrected chi connectivity index (χ0v) is 12.8. The number of hydrogen-bond donors (Lipinski definition) is 1. The smallest absolute Gasteiger partial charge is 0.262 e. The predicted octanol–water partition coefficient (Wildman–Crippen LogP) is 3.47. The summed E-state index contributed by atoms with van der Waals surface area (Å²) in [5.74, 6) is 0.119. The van der Waals surface area contributed by atoms with E-state index in [2.05, 4.69) is 5.32 Å². The average Bonchev–Trinajstić information content (AvgIpc) is 2.50. The Balaban J connectivity index is 1.97. The Labute approximate surface area is 128 Å². The second-order valence-corrected chi connectivity index (χ2v) is 4.93. The molecule has 1 N–H and O–H groups in total. The fourth-order valence-corrected chi connectivity index (χ4v) is 1.91. The van der Waals surface area contributed by atoms with Gasteiger partial charge in [-0.05, 0) is 49.2 Å². The minimum atomic E-state index is -0.429. The van der Waals surface area contributed by atoms with Crippen LogP contribution >= 0.6 is 0 Å². The van der Waals surface area contributed by atoms with Crippen LogP contribution in [0.1, 0.15) is 11.1 Å². The van der Waals surface area contributed by atoms with Crippen molar-refractivity contribution in [2.45, 2.75) is 13.8 Å². The first-order valence-corrected chi connectivity index (χ1v) is 6.83. The normalized spacial score (nSPS) is 10.2. The fourth-order valence-electron chi connectivity index (χ4n) is 1.91. The summed E-state index contributed by atoms with van der Waals surface area (Å²) >= 11 is 0. The maximum atomic E-state index is 13.1. The molecule has 2 aromatic rings. The first-order chi connectivity index (χ1) is 10.5. The lowest BCUT2D eigenvalue weighted by Gasteiger charge is -2.11. The van der Waals surface area contributed by atoms with Crippen LogP contribution in [0.2, 0.25) is 0 Å². The summed E-state index contributed by atoms with van der Waals surface area (Å²) in [5, 5.41) is 2.63. The van der Waals surface area contributed by atoms with Crippen LogP contribution in [0.25, 0.3) is 0 Å². The van der Waals surface area contributed by atoms with Crippen molar-refractivity contribution in [2.75, 3.05) is 19.0 Å². The van der Waals surface area contributed by atoms with Crippen molar-refractivity contribution in [1.82, 2.24) is 0 Å². The van der Waals surface area contributed by atoms with E-state index in [1.54, 1.807) is 0 Å². The van der Waals surface area contributed by atoms with Crippen LogP contribution in [0.5, 0.6) is 11.5 Å². The molecule has 0 aromatic heterocycles. The van der Waals surface area contributed by atoms with Crippen molar-refractivity contribution in [3.8, 4) is 11.5 Å². The topological polar surface area (TPSA) is 47.6 Å². The summed E-state index contributed by atoms with van der Waals surface area (Å²) in [6.07, 6.45) is 0. The van der Waals surface area contributed by atoms with E-state index < -0.39 is 5.82 Å². The van der Waals surface area contributed by atoms with Gasteiger partial charge < -0.3 is 14.8 Å². The van der Waals surface area contributed by atoms with Gasteiger partial charge in [0.1, 0.15) is 17.3 Å². The number of anilines is 1. The summed E-state index contributed by atoms with van der Waals surface area (Å²) in [4.78, 5) is 11.9. The lowest BCUT2D eigenvalue weighted by Crippen LogP contribution is -2.20. The van der Waals surface area contributed by atoms with E-state index in [4.69, 9.17) is 9.47 Å². The van der Waals surface area contributed by atoms with Crippen molar-refractivity contribution in [2.24, 2.45) is 0 Å². The molecule has 4 nitrogen and oxygen atoms in total.